The second-order valence-electron chi connectivity index (χ2n) is 3.85. The van der Waals surface area contributed by atoms with Crippen LogP contribution in [-0.4, -0.2) is 0 Å². The molecule has 0 bridgehead atoms. The summed E-state index contributed by atoms with van der Waals surface area (Å²) < 4.78 is 0. The molecule has 0 atom stereocenters. The summed E-state index contributed by atoms with van der Waals surface area (Å²) in [6, 6.07) is 0. The maximum Gasteiger partial charge on any atom is 0 e. The van der Waals surface area contributed by atoms with Gasteiger partial charge in [-0.2, -0.15) is 0 Å². The zero-order chi connectivity index (χ0) is 7.68. The van der Waals surface area contributed by atoms with Crippen LogP contribution < -0.4 is 0 Å². The first-order chi connectivity index (χ1) is 5.36. The van der Waals surface area contributed by atoms with Gasteiger partial charge in [-0.15, -0.1) is 0 Å². The summed E-state index contributed by atoms with van der Waals surface area (Å²) in [5.74, 6) is 0.948. The lowest BCUT2D eigenvalue weighted by molar-refractivity contribution is 0.633. The molecule has 1 saturated carbocycles. The Balaban J connectivity index is 0.000000720. The molecule has 0 spiro atoms. The molecular weight excluding hydrogens is 132 g/mol. The van der Waals surface area contributed by atoms with Crippen LogP contribution in [0.25, 0.3) is 0 Å². The molecule has 0 saturated heterocycles. The SMILES string of the molecule is CC1=CCC(C2CCCC2)=C1.[HH]. The first-order valence-corrected chi connectivity index (χ1v) is 4.73. The van der Waals surface area contributed by atoms with Crippen molar-refractivity contribution in [2.75, 3.05) is 0 Å². The van der Waals surface area contributed by atoms with Gasteiger partial charge in [-0.05, 0) is 32.1 Å². The Labute approximate surface area is 70.5 Å². The number of allylic oxidation sites excluding steroid dienone is 4. The van der Waals surface area contributed by atoms with E-state index in [0.717, 1.165) is 5.92 Å². The first-order valence-electron chi connectivity index (χ1n) is 4.73. The highest BCUT2D eigenvalue weighted by Crippen LogP contribution is 2.35. The van der Waals surface area contributed by atoms with E-state index < -0.39 is 0 Å². The molecule has 0 radical (unpaired) electrons. The van der Waals surface area contributed by atoms with Crippen LogP contribution >= 0.6 is 0 Å². The molecule has 11 heavy (non-hydrogen) atoms. The Morgan fingerprint density at radius 1 is 1.36 bits per heavy atom. The quantitative estimate of drug-likeness (QED) is 0.534. The summed E-state index contributed by atoms with van der Waals surface area (Å²) in [6.45, 7) is 2.21. The number of hydrogen-bond donors (Lipinski definition) is 0. The average Bonchev–Trinajstić information content (AvgIpc) is 2.55. The van der Waals surface area contributed by atoms with Gasteiger partial charge >= 0.3 is 0 Å². The molecule has 2 rings (SSSR count). The Morgan fingerprint density at radius 2 is 2.09 bits per heavy atom. The molecule has 0 heterocycles. The topological polar surface area (TPSA) is 0 Å². The van der Waals surface area contributed by atoms with E-state index in [1.54, 1.807) is 5.57 Å². The van der Waals surface area contributed by atoms with Crippen molar-refractivity contribution in [1.29, 1.82) is 0 Å². The molecule has 0 heteroatoms. The van der Waals surface area contributed by atoms with Gasteiger partial charge in [0, 0.05) is 1.43 Å². The maximum atomic E-state index is 2.40. The lowest BCUT2D eigenvalue weighted by Crippen LogP contribution is -1.95. The van der Waals surface area contributed by atoms with E-state index in [1.165, 1.54) is 37.7 Å². The van der Waals surface area contributed by atoms with Crippen molar-refractivity contribution in [3.63, 3.8) is 0 Å². The Bertz CT molecular complexity index is 207. The fourth-order valence-electron chi connectivity index (χ4n) is 2.27. The van der Waals surface area contributed by atoms with Crippen molar-refractivity contribution in [3.05, 3.63) is 23.3 Å². The van der Waals surface area contributed by atoms with Crippen LogP contribution in [-0.2, 0) is 0 Å². The first kappa shape index (κ1) is 7.15. The Morgan fingerprint density at radius 3 is 2.64 bits per heavy atom. The summed E-state index contributed by atoms with van der Waals surface area (Å²) in [4.78, 5) is 0. The largest absolute Gasteiger partial charge is 0.0775 e. The molecule has 62 valence electrons. The van der Waals surface area contributed by atoms with E-state index in [9.17, 15) is 0 Å². The molecule has 0 N–H and O–H groups in total. The lowest BCUT2D eigenvalue weighted by Gasteiger charge is -2.08. The molecule has 0 aliphatic heterocycles. The summed E-state index contributed by atoms with van der Waals surface area (Å²) in [5.41, 5.74) is 3.19. The molecule has 0 aromatic heterocycles. The molecule has 0 unspecified atom stereocenters. The summed E-state index contributed by atoms with van der Waals surface area (Å²) in [7, 11) is 0. The average molecular weight is 150 g/mol. The molecule has 0 aromatic rings. The van der Waals surface area contributed by atoms with Crippen molar-refractivity contribution in [2.24, 2.45) is 5.92 Å². The van der Waals surface area contributed by atoms with Gasteiger partial charge in [0.25, 0.3) is 0 Å². The van der Waals surface area contributed by atoms with Crippen LogP contribution in [0.5, 0.6) is 0 Å². The highest BCUT2D eigenvalue weighted by molar-refractivity contribution is 5.32. The predicted molar refractivity (Wildman–Crippen MR) is 50.5 cm³/mol. The third kappa shape index (κ3) is 1.40. The number of rotatable bonds is 1. The highest BCUT2D eigenvalue weighted by Gasteiger charge is 2.19. The summed E-state index contributed by atoms with van der Waals surface area (Å²) in [6.07, 6.45) is 11.8. The number of hydrogen-bond acceptors (Lipinski definition) is 0. The van der Waals surface area contributed by atoms with Crippen LogP contribution in [0.4, 0.5) is 0 Å². The third-order valence-corrected chi connectivity index (χ3v) is 2.95. The maximum absolute atomic E-state index is 2.40. The van der Waals surface area contributed by atoms with Gasteiger partial charge < -0.3 is 0 Å². The molecule has 0 aromatic carbocycles. The molecular formula is C11H18. The molecule has 1 fully saturated rings. The van der Waals surface area contributed by atoms with Gasteiger partial charge in [0.2, 0.25) is 0 Å². The van der Waals surface area contributed by atoms with E-state index in [2.05, 4.69) is 19.1 Å². The monoisotopic (exact) mass is 150 g/mol. The van der Waals surface area contributed by atoms with Crippen molar-refractivity contribution in [2.45, 2.75) is 39.0 Å². The van der Waals surface area contributed by atoms with Gasteiger partial charge in [-0.1, -0.05) is 36.1 Å². The van der Waals surface area contributed by atoms with E-state index in [4.69, 9.17) is 0 Å². The molecule has 2 aliphatic carbocycles. The van der Waals surface area contributed by atoms with E-state index in [1.807, 2.05) is 0 Å². The fraction of sp³-hybridized carbons (Fsp3) is 0.636. The fourth-order valence-corrected chi connectivity index (χ4v) is 2.27. The van der Waals surface area contributed by atoms with Gasteiger partial charge in [0.15, 0.2) is 0 Å². The van der Waals surface area contributed by atoms with Gasteiger partial charge in [0.05, 0.1) is 0 Å². The third-order valence-electron chi connectivity index (χ3n) is 2.95. The standard InChI is InChI=1S/C11H16.H2/c1-9-6-7-11(8-9)10-4-2-3-5-10;/h6,8,10H,2-5,7H2,1H3;1H. The highest BCUT2D eigenvalue weighted by atomic mass is 14.2. The molecule has 0 nitrogen and oxygen atoms in total. The van der Waals surface area contributed by atoms with E-state index >= 15 is 0 Å². The van der Waals surface area contributed by atoms with Crippen LogP contribution in [0.1, 0.15) is 40.5 Å². The van der Waals surface area contributed by atoms with Crippen LogP contribution in [0.3, 0.4) is 0 Å². The smallest absolute Gasteiger partial charge is 0 e. The van der Waals surface area contributed by atoms with Gasteiger partial charge in [-0.3, -0.25) is 0 Å². The van der Waals surface area contributed by atoms with Crippen LogP contribution in [0.15, 0.2) is 23.3 Å². The zero-order valence-electron chi connectivity index (χ0n) is 7.27. The molecule has 2 aliphatic rings. The Hall–Kier alpha value is -0.520. The minimum atomic E-state index is 0. The van der Waals surface area contributed by atoms with E-state index in [0.29, 0.717) is 0 Å². The Kier molecular flexibility index (Phi) is 1.85. The van der Waals surface area contributed by atoms with Crippen molar-refractivity contribution in [1.82, 2.24) is 0 Å². The van der Waals surface area contributed by atoms with Gasteiger partial charge in [-0.25, -0.2) is 0 Å². The van der Waals surface area contributed by atoms with E-state index in [-0.39, 0.29) is 1.43 Å². The van der Waals surface area contributed by atoms with Gasteiger partial charge in [0.1, 0.15) is 0 Å². The van der Waals surface area contributed by atoms with Crippen molar-refractivity contribution < 1.29 is 1.43 Å². The normalized spacial score (nSPS) is 25.5. The lowest BCUT2D eigenvalue weighted by atomic mass is 9.97. The summed E-state index contributed by atoms with van der Waals surface area (Å²) >= 11 is 0. The zero-order valence-corrected chi connectivity index (χ0v) is 7.27. The second kappa shape index (κ2) is 2.84. The predicted octanol–water partition coefficient (Wildman–Crippen LogP) is 3.70. The van der Waals surface area contributed by atoms with Crippen molar-refractivity contribution in [3.8, 4) is 0 Å². The van der Waals surface area contributed by atoms with Crippen LogP contribution in [0.2, 0.25) is 0 Å². The summed E-state index contributed by atoms with van der Waals surface area (Å²) in [5, 5.41) is 0. The van der Waals surface area contributed by atoms with Crippen LogP contribution in [0, 0.1) is 5.92 Å². The minimum absolute atomic E-state index is 0. The second-order valence-corrected chi connectivity index (χ2v) is 3.85. The minimum Gasteiger partial charge on any atom is -0.0775 e. The van der Waals surface area contributed by atoms with Crippen molar-refractivity contribution >= 4 is 0 Å². The molecule has 0 amide bonds.